The molecule has 0 bridgehead atoms. The van der Waals surface area contributed by atoms with Crippen LogP contribution in [0.5, 0.6) is 0 Å². The molecule has 2 unspecified atom stereocenters. The molecule has 0 aromatic heterocycles. The lowest BCUT2D eigenvalue weighted by atomic mass is 9.62. The Kier molecular flexibility index (Phi) is 6.75. The molecule has 1 N–H and O–H groups in total. The van der Waals surface area contributed by atoms with Gasteiger partial charge in [-0.1, -0.05) is 71.0 Å². The van der Waals surface area contributed by atoms with E-state index in [2.05, 4.69) is 86.8 Å². The van der Waals surface area contributed by atoms with Crippen LogP contribution in [-0.2, 0) is 42.7 Å². The van der Waals surface area contributed by atoms with Gasteiger partial charge in [-0.05, 0) is 104 Å². The first-order chi connectivity index (χ1) is 15.4. The Balaban J connectivity index is 1.56. The molecule has 1 amide bonds. The second-order valence-corrected chi connectivity index (χ2v) is 13.9. The lowest BCUT2D eigenvalue weighted by Crippen LogP contribution is -2.35. The van der Waals surface area contributed by atoms with Gasteiger partial charge in [0.1, 0.15) is 0 Å². The van der Waals surface area contributed by atoms with Crippen molar-refractivity contribution in [2.24, 2.45) is 0 Å². The van der Waals surface area contributed by atoms with Crippen LogP contribution in [0.3, 0.4) is 0 Å². The maximum Gasteiger partial charge on any atom is 0.295 e. The van der Waals surface area contributed by atoms with Gasteiger partial charge in [0.05, 0.1) is 5.70 Å². The van der Waals surface area contributed by atoms with Crippen molar-refractivity contribution in [1.82, 2.24) is 5.32 Å². The number of hydrogen-bond acceptors (Lipinski definition) is 3. The molecule has 33 heavy (non-hydrogen) atoms. The predicted molar refractivity (Wildman–Crippen MR) is 149 cm³/mol. The summed E-state index contributed by atoms with van der Waals surface area (Å²) in [5.41, 5.74) is 7.32. The van der Waals surface area contributed by atoms with Crippen LogP contribution in [0.1, 0.15) is 81.2 Å². The fraction of sp³-hybridized carbons (Fsp3) is 0.407. The normalized spacial score (nSPS) is 23.3. The molecule has 2 aromatic carbocycles. The van der Waals surface area contributed by atoms with Gasteiger partial charge < -0.3 is 5.32 Å². The zero-order valence-electron chi connectivity index (χ0n) is 19.8. The third-order valence-corrected chi connectivity index (χ3v) is 10.2. The average molecular weight is 592 g/mol. The summed E-state index contributed by atoms with van der Waals surface area (Å²) in [4.78, 5) is 23.7. The maximum absolute atomic E-state index is 12.1. The Labute approximate surface area is 217 Å². The zero-order valence-corrected chi connectivity index (χ0v) is 23.5. The number of rotatable bonds is 4. The number of amides is 1. The minimum Gasteiger partial charge on any atom is -0.312 e. The van der Waals surface area contributed by atoms with E-state index in [4.69, 9.17) is 11.2 Å². The molecular formula is C27H30INO2S2. The monoisotopic (exact) mass is 591 g/mol. The van der Waals surface area contributed by atoms with E-state index in [9.17, 15) is 9.59 Å². The van der Waals surface area contributed by atoms with Crippen LogP contribution < -0.4 is 5.32 Å². The highest BCUT2D eigenvalue weighted by Crippen LogP contribution is 2.48. The quantitative estimate of drug-likeness (QED) is 0.320. The highest BCUT2D eigenvalue weighted by Gasteiger charge is 2.39. The van der Waals surface area contributed by atoms with Crippen LogP contribution in [0.25, 0.3) is 6.08 Å². The standard InChI is InChI=1S/C27H30INO2S2/c1-16(19-10-11-20-22(23(19)28)27(4,5)13-12-26(20,2)3)14-17-6-8-18(9-7-17)15-21-24(30)33(32)25(31)29-21/h6-11,15-16H,12-14H2,1-5H3,(H,29,31). The van der Waals surface area contributed by atoms with Gasteiger partial charge in [0.15, 0.2) is 0 Å². The number of fused-ring (bicyclic) bond motifs is 1. The number of carbonyl (C=O) groups is 2. The lowest BCUT2D eigenvalue weighted by molar-refractivity contribution is -0.107. The van der Waals surface area contributed by atoms with Gasteiger partial charge in [0, 0.05) is 13.0 Å². The van der Waals surface area contributed by atoms with Crippen LogP contribution in [-0.4, -0.2) is 10.4 Å². The highest BCUT2D eigenvalue weighted by molar-refractivity contribution is 14.1. The Morgan fingerprint density at radius 2 is 1.70 bits per heavy atom. The van der Waals surface area contributed by atoms with E-state index in [1.165, 1.54) is 38.7 Å². The largest absolute Gasteiger partial charge is 0.312 e. The molecule has 0 radical (unpaired) electrons. The third-order valence-electron chi connectivity index (χ3n) is 7.11. The smallest absolute Gasteiger partial charge is 0.295 e. The van der Waals surface area contributed by atoms with Crippen molar-refractivity contribution in [3.8, 4) is 0 Å². The summed E-state index contributed by atoms with van der Waals surface area (Å²) in [6, 6.07) is 12.9. The second-order valence-electron chi connectivity index (χ2n) is 10.5. The van der Waals surface area contributed by atoms with Crippen molar-refractivity contribution in [1.29, 1.82) is 0 Å². The van der Waals surface area contributed by atoms with Crippen LogP contribution in [0.4, 0.5) is 4.79 Å². The van der Waals surface area contributed by atoms with Gasteiger partial charge in [-0.3, -0.25) is 9.59 Å². The molecule has 2 aliphatic rings. The van der Waals surface area contributed by atoms with E-state index in [0.717, 1.165) is 12.0 Å². The molecule has 1 fully saturated rings. The molecule has 6 heteroatoms. The highest BCUT2D eigenvalue weighted by atomic mass is 127. The summed E-state index contributed by atoms with van der Waals surface area (Å²) in [6.45, 7) is 11.8. The Morgan fingerprint density at radius 3 is 2.30 bits per heavy atom. The van der Waals surface area contributed by atoms with E-state index in [-0.39, 0.29) is 21.2 Å². The molecule has 3 nitrogen and oxygen atoms in total. The minimum atomic E-state index is -1.29. The molecule has 174 valence electrons. The van der Waals surface area contributed by atoms with E-state index in [1.54, 1.807) is 6.08 Å². The summed E-state index contributed by atoms with van der Waals surface area (Å²) in [5.74, 6) is 0.394. The van der Waals surface area contributed by atoms with Gasteiger partial charge in [0.25, 0.3) is 5.24 Å². The molecule has 1 aliphatic heterocycles. The maximum atomic E-state index is 12.1. The van der Waals surface area contributed by atoms with Crippen LogP contribution >= 0.6 is 22.6 Å². The molecule has 1 saturated heterocycles. The SMILES string of the molecule is CC(Cc1ccc(C=C2NC(=O)S(=S)C2=O)cc1)c1ccc2c(c1I)C(C)(C)CCC2(C)C. The van der Waals surface area contributed by atoms with Gasteiger partial charge in [-0.25, -0.2) is 0 Å². The van der Waals surface area contributed by atoms with Crippen molar-refractivity contribution in [3.05, 3.63) is 73.5 Å². The molecule has 1 heterocycles. The number of hydrogen-bond donors (Lipinski definition) is 1. The molecule has 4 rings (SSSR count). The first-order valence-electron chi connectivity index (χ1n) is 11.3. The summed E-state index contributed by atoms with van der Waals surface area (Å²) >= 11 is 7.53. The van der Waals surface area contributed by atoms with Crippen LogP contribution in [0.2, 0.25) is 0 Å². The third kappa shape index (κ3) is 4.76. The van der Waals surface area contributed by atoms with E-state index >= 15 is 0 Å². The molecule has 2 atom stereocenters. The number of benzene rings is 2. The molecule has 0 saturated carbocycles. The summed E-state index contributed by atoms with van der Waals surface area (Å²) in [6.07, 6.45) is 5.10. The second kappa shape index (κ2) is 9.00. The van der Waals surface area contributed by atoms with Gasteiger partial charge in [0.2, 0.25) is 5.12 Å². The number of carbonyl (C=O) groups excluding carboxylic acids is 2. The summed E-state index contributed by atoms with van der Waals surface area (Å²) in [7, 11) is -1.29. The molecule has 2 aromatic rings. The minimum absolute atomic E-state index is 0.198. The van der Waals surface area contributed by atoms with E-state index in [0.29, 0.717) is 11.6 Å². The predicted octanol–water partition coefficient (Wildman–Crippen LogP) is 6.66. The Hall–Kier alpha value is -1.38. The first-order valence-corrected chi connectivity index (χ1v) is 14.5. The summed E-state index contributed by atoms with van der Waals surface area (Å²) < 4.78 is 1.42. The molecule has 0 spiro atoms. The van der Waals surface area contributed by atoms with Crippen LogP contribution in [0, 0.1) is 3.57 Å². The topological polar surface area (TPSA) is 46.2 Å². The van der Waals surface area contributed by atoms with Crippen molar-refractivity contribution < 1.29 is 9.59 Å². The fourth-order valence-electron chi connectivity index (χ4n) is 4.95. The fourth-order valence-corrected chi connectivity index (χ4v) is 7.76. The summed E-state index contributed by atoms with van der Waals surface area (Å²) in [5, 5.41) is 1.93. The van der Waals surface area contributed by atoms with Crippen molar-refractivity contribution in [3.63, 3.8) is 0 Å². The van der Waals surface area contributed by atoms with Gasteiger partial charge in [-0.15, -0.1) is 0 Å². The Bertz CT molecular complexity index is 1200. The number of halogens is 1. The van der Waals surface area contributed by atoms with Crippen LogP contribution in [0.15, 0.2) is 42.1 Å². The lowest BCUT2D eigenvalue weighted by Gasteiger charge is -2.43. The van der Waals surface area contributed by atoms with Gasteiger partial charge in [-0.2, -0.15) is 0 Å². The average Bonchev–Trinajstić information content (AvgIpc) is 2.99. The number of nitrogens with one attached hydrogen (secondary N) is 1. The van der Waals surface area contributed by atoms with E-state index < -0.39 is 9.45 Å². The Morgan fingerprint density at radius 1 is 1.06 bits per heavy atom. The van der Waals surface area contributed by atoms with E-state index in [1.807, 2.05) is 12.1 Å². The van der Waals surface area contributed by atoms with Gasteiger partial charge >= 0.3 is 0 Å². The first kappa shape index (κ1) is 24.7. The molecule has 1 aliphatic carbocycles. The van der Waals surface area contributed by atoms with Crippen molar-refractivity contribution in [2.45, 2.75) is 70.6 Å². The zero-order chi connectivity index (χ0) is 24.1. The molecular weight excluding hydrogens is 561 g/mol. The van der Waals surface area contributed by atoms with Crippen molar-refractivity contribution in [2.75, 3.05) is 0 Å². The van der Waals surface area contributed by atoms with Crippen molar-refractivity contribution >= 4 is 59.7 Å².